The molecule has 7 heteroatoms. The Morgan fingerprint density at radius 2 is 2.10 bits per heavy atom. The molecule has 4 N–H and O–H groups in total. The molecule has 1 heterocycles. The lowest BCUT2D eigenvalue weighted by Crippen LogP contribution is -2.33. The number of carbonyl (C=O) groups excluding carboxylic acids is 1. The molecule has 0 aliphatic heterocycles. The molecule has 20 heavy (non-hydrogen) atoms. The highest BCUT2D eigenvalue weighted by atomic mass is 32.1. The molecule has 104 valence electrons. The summed E-state index contributed by atoms with van der Waals surface area (Å²) >= 11 is 1.20. The number of amides is 1. The van der Waals surface area contributed by atoms with E-state index in [1.54, 1.807) is 17.5 Å². The molecule has 2 aromatic rings. The van der Waals surface area contributed by atoms with Crippen molar-refractivity contribution in [3.05, 3.63) is 52.0 Å². The van der Waals surface area contributed by atoms with Crippen LogP contribution in [0.5, 0.6) is 0 Å². The van der Waals surface area contributed by atoms with Crippen LogP contribution in [0.2, 0.25) is 0 Å². The maximum Gasteiger partial charge on any atom is 0.331 e. The van der Waals surface area contributed by atoms with Crippen LogP contribution in [-0.2, 0) is 4.79 Å². The van der Waals surface area contributed by atoms with Gasteiger partial charge in [0.05, 0.1) is 5.56 Å². The van der Waals surface area contributed by atoms with Crippen LogP contribution in [0.25, 0.3) is 0 Å². The van der Waals surface area contributed by atoms with Crippen molar-refractivity contribution in [3.63, 3.8) is 0 Å². The average molecular weight is 294 g/mol. The monoisotopic (exact) mass is 294 g/mol. The first kappa shape index (κ1) is 14.0. The van der Waals surface area contributed by atoms with Crippen LogP contribution in [0.3, 0.4) is 0 Å². The second-order valence-corrected chi connectivity index (χ2v) is 4.97. The summed E-state index contributed by atoms with van der Waals surface area (Å²) in [5.74, 6) is -2.55. The number of carboxylic acid groups (broad SMARTS) is 1. The predicted molar refractivity (Wildman–Crippen MR) is 73.0 cm³/mol. The number of nitrogens with two attached hydrogens (primary N) is 1. The van der Waals surface area contributed by atoms with Crippen molar-refractivity contribution >= 4 is 28.9 Å². The largest absolute Gasteiger partial charge is 0.479 e. The minimum Gasteiger partial charge on any atom is -0.479 e. The van der Waals surface area contributed by atoms with Crippen LogP contribution >= 0.6 is 11.3 Å². The van der Waals surface area contributed by atoms with Gasteiger partial charge in [-0.15, -0.1) is 11.3 Å². The number of halogens is 1. The van der Waals surface area contributed by atoms with Gasteiger partial charge in [0.1, 0.15) is 5.82 Å². The zero-order valence-corrected chi connectivity index (χ0v) is 11.0. The quantitative estimate of drug-likeness (QED) is 0.752. The molecule has 1 aromatic carbocycles. The van der Waals surface area contributed by atoms with Crippen molar-refractivity contribution < 1.29 is 19.1 Å². The number of nitrogen functional groups attached to an aromatic ring is 1. The Hall–Kier alpha value is -2.41. The molecule has 1 amide bonds. The number of aliphatic carboxylic acids is 1. The maximum atomic E-state index is 13.1. The van der Waals surface area contributed by atoms with Gasteiger partial charge in [0.2, 0.25) is 0 Å². The third-order valence-electron chi connectivity index (χ3n) is 2.61. The molecule has 5 nitrogen and oxygen atoms in total. The van der Waals surface area contributed by atoms with E-state index in [0.29, 0.717) is 4.88 Å². The molecule has 1 atom stereocenters. The Morgan fingerprint density at radius 1 is 1.35 bits per heavy atom. The molecular formula is C13H11FN2O3S. The highest BCUT2D eigenvalue weighted by molar-refractivity contribution is 7.10. The SMILES string of the molecule is Nc1ccc(F)cc1C(=O)NC(C(=O)O)c1cccs1. The summed E-state index contributed by atoms with van der Waals surface area (Å²) in [7, 11) is 0. The van der Waals surface area contributed by atoms with Gasteiger partial charge in [-0.25, -0.2) is 9.18 Å². The molecule has 0 spiro atoms. The molecule has 0 aliphatic rings. The van der Waals surface area contributed by atoms with Gasteiger partial charge in [0, 0.05) is 10.6 Å². The van der Waals surface area contributed by atoms with Gasteiger partial charge in [0.15, 0.2) is 6.04 Å². The summed E-state index contributed by atoms with van der Waals surface area (Å²) in [5.41, 5.74) is 5.58. The number of hydrogen-bond acceptors (Lipinski definition) is 4. The highest BCUT2D eigenvalue weighted by Gasteiger charge is 2.24. The number of carboxylic acids is 1. The van der Waals surface area contributed by atoms with E-state index in [4.69, 9.17) is 10.8 Å². The first-order valence-corrected chi connectivity index (χ1v) is 6.49. The number of hydrogen-bond donors (Lipinski definition) is 3. The first-order chi connectivity index (χ1) is 9.49. The molecule has 2 rings (SSSR count). The summed E-state index contributed by atoms with van der Waals surface area (Å²) in [6, 6.07) is 5.44. The van der Waals surface area contributed by atoms with Crippen molar-refractivity contribution in [2.45, 2.75) is 6.04 Å². The second kappa shape index (κ2) is 5.70. The van der Waals surface area contributed by atoms with Crippen molar-refractivity contribution in [3.8, 4) is 0 Å². The Kier molecular flexibility index (Phi) is 3.99. The average Bonchev–Trinajstić information content (AvgIpc) is 2.91. The van der Waals surface area contributed by atoms with Gasteiger partial charge in [0.25, 0.3) is 5.91 Å². The Labute approximate surface area is 117 Å². The second-order valence-electron chi connectivity index (χ2n) is 3.99. The van der Waals surface area contributed by atoms with E-state index in [9.17, 15) is 14.0 Å². The van der Waals surface area contributed by atoms with Gasteiger partial charge in [-0.2, -0.15) is 0 Å². The molecule has 0 bridgehead atoms. The van der Waals surface area contributed by atoms with Crippen molar-refractivity contribution in [2.24, 2.45) is 0 Å². The number of rotatable bonds is 4. The fraction of sp³-hybridized carbons (Fsp3) is 0.0769. The Balaban J connectivity index is 2.25. The van der Waals surface area contributed by atoms with Crippen LogP contribution in [0.15, 0.2) is 35.7 Å². The van der Waals surface area contributed by atoms with E-state index in [0.717, 1.165) is 12.1 Å². The molecule has 0 saturated carbocycles. The van der Waals surface area contributed by atoms with E-state index in [1.807, 2.05) is 0 Å². The lowest BCUT2D eigenvalue weighted by molar-refractivity contribution is -0.139. The highest BCUT2D eigenvalue weighted by Crippen LogP contribution is 2.21. The van der Waals surface area contributed by atoms with Gasteiger partial charge in [-0.3, -0.25) is 4.79 Å². The van der Waals surface area contributed by atoms with Crippen molar-refractivity contribution in [1.29, 1.82) is 0 Å². The molecule has 1 unspecified atom stereocenters. The van der Waals surface area contributed by atoms with Crippen molar-refractivity contribution in [2.75, 3.05) is 5.73 Å². The Bertz CT molecular complexity index is 643. The van der Waals surface area contributed by atoms with E-state index in [1.165, 1.54) is 17.4 Å². The molecular weight excluding hydrogens is 283 g/mol. The normalized spacial score (nSPS) is 11.8. The fourth-order valence-corrected chi connectivity index (χ4v) is 2.41. The predicted octanol–water partition coefficient (Wildman–Crippen LogP) is 2.03. The minimum atomic E-state index is -1.20. The number of benzene rings is 1. The summed E-state index contributed by atoms with van der Waals surface area (Å²) in [4.78, 5) is 23.7. The lowest BCUT2D eigenvalue weighted by atomic mass is 10.1. The van der Waals surface area contributed by atoms with E-state index in [-0.39, 0.29) is 11.3 Å². The molecule has 0 saturated heterocycles. The summed E-state index contributed by atoms with van der Waals surface area (Å²) in [6.07, 6.45) is 0. The van der Waals surface area contributed by atoms with Gasteiger partial charge in [-0.05, 0) is 29.6 Å². The third kappa shape index (κ3) is 2.94. The maximum absolute atomic E-state index is 13.1. The van der Waals surface area contributed by atoms with Gasteiger partial charge < -0.3 is 16.2 Å². The third-order valence-corrected chi connectivity index (χ3v) is 3.55. The van der Waals surface area contributed by atoms with Crippen LogP contribution in [0, 0.1) is 5.82 Å². The number of nitrogens with one attached hydrogen (secondary N) is 1. The molecule has 0 fully saturated rings. The van der Waals surface area contributed by atoms with Crippen LogP contribution < -0.4 is 11.1 Å². The summed E-state index contributed by atoms with van der Waals surface area (Å²) in [5, 5.41) is 13.2. The summed E-state index contributed by atoms with van der Waals surface area (Å²) < 4.78 is 13.1. The number of carbonyl (C=O) groups is 2. The smallest absolute Gasteiger partial charge is 0.331 e. The van der Waals surface area contributed by atoms with Crippen LogP contribution in [0.1, 0.15) is 21.3 Å². The standard InChI is InChI=1S/C13H11FN2O3S/c14-7-3-4-9(15)8(6-7)12(17)16-11(13(18)19)10-2-1-5-20-10/h1-6,11H,15H2,(H,16,17)(H,18,19). The minimum absolute atomic E-state index is 0.0826. The molecule has 0 aliphatic carbocycles. The number of anilines is 1. The van der Waals surface area contributed by atoms with E-state index >= 15 is 0 Å². The van der Waals surface area contributed by atoms with Gasteiger partial charge in [-0.1, -0.05) is 6.07 Å². The zero-order chi connectivity index (χ0) is 14.7. The zero-order valence-electron chi connectivity index (χ0n) is 10.2. The van der Waals surface area contributed by atoms with Crippen molar-refractivity contribution in [1.82, 2.24) is 5.32 Å². The Morgan fingerprint density at radius 3 is 2.70 bits per heavy atom. The van der Waals surface area contributed by atoms with E-state index < -0.39 is 23.7 Å². The molecule has 0 radical (unpaired) electrons. The fourth-order valence-electron chi connectivity index (χ4n) is 1.64. The van der Waals surface area contributed by atoms with E-state index in [2.05, 4.69) is 5.32 Å². The van der Waals surface area contributed by atoms with Gasteiger partial charge >= 0.3 is 5.97 Å². The van der Waals surface area contributed by atoms with Crippen LogP contribution in [-0.4, -0.2) is 17.0 Å². The summed E-state index contributed by atoms with van der Waals surface area (Å²) in [6.45, 7) is 0. The number of thiophene rings is 1. The molecule has 1 aromatic heterocycles. The van der Waals surface area contributed by atoms with Crippen LogP contribution in [0.4, 0.5) is 10.1 Å². The topological polar surface area (TPSA) is 92.4 Å². The lowest BCUT2D eigenvalue weighted by Gasteiger charge is -2.14. The first-order valence-electron chi connectivity index (χ1n) is 5.61.